The van der Waals surface area contributed by atoms with Crippen LogP contribution in [0.2, 0.25) is 0 Å². The molecule has 0 unspecified atom stereocenters. The van der Waals surface area contributed by atoms with E-state index in [0.29, 0.717) is 25.4 Å². The van der Waals surface area contributed by atoms with E-state index >= 15 is 0 Å². The second kappa shape index (κ2) is 9.32. The van der Waals surface area contributed by atoms with Gasteiger partial charge in [-0.3, -0.25) is 4.79 Å². The smallest absolute Gasteiger partial charge is 0.338 e. The summed E-state index contributed by atoms with van der Waals surface area (Å²) in [5, 5.41) is 0. The summed E-state index contributed by atoms with van der Waals surface area (Å²) in [4.78, 5) is 26.0. The van der Waals surface area contributed by atoms with Gasteiger partial charge < -0.3 is 9.64 Å². The van der Waals surface area contributed by atoms with E-state index in [2.05, 4.69) is 11.6 Å². The number of piperidine rings is 1. The molecule has 7 nitrogen and oxygen atoms in total. The topological polar surface area (TPSA) is 92.8 Å². The number of amides is 1. The van der Waals surface area contributed by atoms with Crippen LogP contribution in [0.25, 0.3) is 0 Å². The van der Waals surface area contributed by atoms with Crippen molar-refractivity contribution in [2.24, 2.45) is 5.92 Å². The molecule has 0 aromatic heterocycles. The maximum Gasteiger partial charge on any atom is 0.338 e. The van der Waals surface area contributed by atoms with Crippen LogP contribution in [0.3, 0.4) is 0 Å². The molecule has 1 fully saturated rings. The molecule has 1 saturated heterocycles. The van der Waals surface area contributed by atoms with Gasteiger partial charge in [-0.1, -0.05) is 13.8 Å². The summed E-state index contributed by atoms with van der Waals surface area (Å²) in [6, 6.07) is 5.31. The van der Waals surface area contributed by atoms with E-state index in [1.165, 1.54) is 24.3 Å². The molecule has 1 aliphatic rings. The first-order chi connectivity index (χ1) is 12.7. The Bertz CT molecular complexity index is 753. The van der Waals surface area contributed by atoms with Crippen LogP contribution in [0, 0.1) is 5.92 Å². The minimum absolute atomic E-state index is 0.0814. The van der Waals surface area contributed by atoms with Gasteiger partial charge in [-0.05, 0) is 56.4 Å². The normalized spacial score (nSPS) is 16.8. The summed E-state index contributed by atoms with van der Waals surface area (Å²) in [6.07, 6.45) is 2.59. The SMILES string of the molecule is CC[C@@H](C)NS(=O)(=O)c1ccc(C(=O)OCC(=O)N2CCC(C)CC2)cc1. The Kier molecular flexibility index (Phi) is 7.38. The predicted octanol–water partition coefficient (Wildman–Crippen LogP) is 2.18. The number of hydrogen-bond donors (Lipinski definition) is 1. The van der Waals surface area contributed by atoms with Crippen molar-refractivity contribution in [1.29, 1.82) is 0 Å². The summed E-state index contributed by atoms with van der Waals surface area (Å²) in [5.41, 5.74) is 0.206. The average molecular weight is 397 g/mol. The van der Waals surface area contributed by atoms with Crippen LogP contribution in [0.5, 0.6) is 0 Å². The zero-order chi connectivity index (χ0) is 20.0. The molecule has 1 heterocycles. The van der Waals surface area contributed by atoms with Gasteiger partial charge in [0.05, 0.1) is 10.5 Å². The van der Waals surface area contributed by atoms with Crippen molar-refractivity contribution in [3.05, 3.63) is 29.8 Å². The Morgan fingerprint density at radius 1 is 1.22 bits per heavy atom. The number of rotatable bonds is 7. The highest BCUT2D eigenvalue weighted by atomic mass is 32.2. The standard InChI is InChI=1S/C19H28N2O5S/c1-4-15(3)20-27(24,25)17-7-5-16(6-8-17)19(23)26-13-18(22)21-11-9-14(2)10-12-21/h5-8,14-15,20H,4,9-13H2,1-3H3/t15-/m1/s1. The molecular weight excluding hydrogens is 368 g/mol. The fourth-order valence-electron chi connectivity index (χ4n) is 2.75. The van der Waals surface area contributed by atoms with Crippen molar-refractivity contribution in [2.75, 3.05) is 19.7 Å². The molecule has 0 radical (unpaired) electrons. The maximum absolute atomic E-state index is 12.2. The second-order valence-corrected chi connectivity index (χ2v) is 8.81. The van der Waals surface area contributed by atoms with E-state index in [9.17, 15) is 18.0 Å². The summed E-state index contributed by atoms with van der Waals surface area (Å²) in [5.74, 6) is -0.235. The van der Waals surface area contributed by atoms with Gasteiger partial charge in [0.2, 0.25) is 10.0 Å². The lowest BCUT2D eigenvalue weighted by atomic mass is 9.99. The van der Waals surface area contributed by atoms with E-state index in [1.54, 1.807) is 11.8 Å². The molecule has 2 rings (SSSR count). The summed E-state index contributed by atoms with van der Waals surface area (Å²) >= 11 is 0. The average Bonchev–Trinajstić information content (AvgIpc) is 2.66. The Morgan fingerprint density at radius 3 is 2.37 bits per heavy atom. The highest BCUT2D eigenvalue weighted by Gasteiger charge is 2.22. The molecule has 1 N–H and O–H groups in total. The third-order valence-corrected chi connectivity index (χ3v) is 6.44. The predicted molar refractivity (Wildman–Crippen MR) is 102 cm³/mol. The maximum atomic E-state index is 12.2. The van der Waals surface area contributed by atoms with Crippen LogP contribution >= 0.6 is 0 Å². The number of carbonyl (C=O) groups excluding carboxylic acids is 2. The van der Waals surface area contributed by atoms with Crippen molar-refractivity contribution in [2.45, 2.75) is 51.0 Å². The molecule has 1 amide bonds. The third kappa shape index (κ3) is 6.04. The first kappa shape index (κ1) is 21.4. The van der Waals surface area contributed by atoms with Gasteiger partial charge in [0.25, 0.3) is 5.91 Å². The van der Waals surface area contributed by atoms with Crippen molar-refractivity contribution in [1.82, 2.24) is 9.62 Å². The van der Waals surface area contributed by atoms with Gasteiger partial charge in [0.15, 0.2) is 6.61 Å². The molecule has 1 aromatic carbocycles. The largest absolute Gasteiger partial charge is 0.452 e. The van der Waals surface area contributed by atoms with Gasteiger partial charge in [-0.15, -0.1) is 0 Å². The van der Waals surface area contributed by atoms with Gasteiger partial charge in [0, 0.05) is 19.1 Å². The number of benzene rings is 1. The molecule has 0 bridgehead atoms. The fourth-order valence-corrected chi connectivity index (χ4v) is 4.07. The highest BCUT2D eigenvalue weighted by molar-refractivity contribution is 7.89. The fraction of sp³-hybridized carbons (Fsp3) is 0.579. The van der Waals surface area contributed by atoms with Crippen LogP contribution < -0.4 is 4.72 Å². The number of hydrogen-bond acceptors (Lipinski definition) is 5. The van der Waals surface area contributed by atoms with Gasteiger partial charge >= 0.3 is 5.97 Å². The second-order valence-electron chi connectivity index (χ2n) is 7.09. The number of sulfonamides is 1. The number of nitrogens with one attached hydrogen (secondary N) is 1. The number of likely N-dealkylation sites (tertiary alicyclic amines) is 1. The van der Waals surface area contributed by atoms with Crippen LogP contribution in [-0.4, -0.2) is 50.9 Å². The number of esters is 1. The minimum atomic E-state index is -3.62. The van der Waals surface area contributed by atoms with Crippen LogP contribution in [0.4, 0.5) is 0 Å². The van der Waals surface area contributed by atoms with Crippen molar-refractivity contribution in [3.8, 4) is 0 Å². The van der Waals surface area contributed by atoms with Crippen LogP contribution in [0.1, 0.15) is 50.4 Å². The zero-order valence-electron chi connectivity index (χ0n) is 16.1. The summed E-state index contributed by atoms with van der Waals surface area (Å²) in [7, 11) is -3.62. The number of carbonyl (C=O) groups is 2. The van der Waals surface area contributed by atoms with E-state index < -0.39 is 16.0 Å². The van der Waals surface area contributed by atoms with E-state index in [4.69, 9.17) is 4.74 Å². The van der Waals surface area contributed by atoms with Gasteiger partial charge in [0.1, 0.15) is 0 Å². The Labute approximate surface area is 161 Å². The van der Waals surface area contributed by atoms with Gasteiger partial charge in [-0.25, -0.2) is 17.9 Å². The first-order valence-electron chi connectivity index (χ1n) is 9.30. The van der Waals surface area contributed by atoms with Crippen molar-refractivity contribution < 1.29 is 22.7 Å². The van der Waals surface area contributed by atoms with E-state index in [0.717, 1.165) is 12.8 Å². The molecule has 8 heteroatoms. The molecule has 0 spiro atoms. The molecule has 150 valence electrons. The lowest BCUT2D eigenvalue weighted by molar-refractivity contribution is -0.135. The lowest BCUT2D eigenvalue weighted by Crippen LogP contribution is -2.40. The minimum Gasteiger partial charge on any atom is -0.452 e. The zero-order valence-corrected chi connectivity index (χ0v) is 16.9. The number of nitrogens with zero attached hydrogens (tertiary/aromatic N) is 1. The van der Waals surface area contributed by atoms with Crippen LogP contribution in [0.15, 0.2) is 29.2 Å². The first-order valence-corrected chi connectivity index (χ1v) is 10.8. The molecule has 1 aliphatic heterocycles. The van der Waals surface area contributed by atoms with E-state index in [-0.39, 0.29) is 29.0 Å². The van der Waals surface area contributed by atoms with E-state index in [1.807, 2.05) is 6.92 Å². The lowest BCUT2D eigenvalue weighted by Gasteiger charge is -2.30. The Morgan fingerprint density at radius 2 is 1.81 bits per heavy atom. The Balaban J connectivity index is 1.91. The monoisotopic (exact) mass is 396 g/mol. The molecule has 0 saturated carbocycles. The quantitative estimate of drug-likeness (QED) is 0.713. The van der Waals surface area contributed by atoms with Crippen LogP contribution in [-0.2, 0) is 19.6 Å². The third-order valence-electron chi connectivity index (χ3n) is 4.83. The van der Waals surface area contributed by atoms with Crippen molar-refractivity contribution >= 4 is 21.9 Å². The molecule has 1 atom stereocenters. The molecule has 27 heavy (non-hydrogen) atoms. The number of ether oxygens (including phenoxy) is 1. The summed E-state index contributed by atoms with van der Waals surface area (Å²) < 4.78 is 32.1. The highest BCUT2D eigenvalue weighted by Crippen LogP contribution is 2.16. The van der Waals surface area contributed by atoms with Crippen molar-refractivity contribution in [3.63, 3.8) is 0 Å². The van der Waals surface area contributed by atoms with Gasteiger partial charge in [-0.2, -0.15) is 0 Å². The molecule has 1 aromatic rings. The molecular formula is C19H28N2O5S. The molecule has 0 aliphatic carbocycles. The summed E-state index contributed by atoms with van der Waals surface area (Å²) in [6.45, 7) is 6.90. The Hall–Kier alpha value is -1.93.